The van der Waals surface area contributed by atoms with Crippen LogP contribution in [0.4, 0.5) is 13.2 Å². The van der Waals surface area contributed by atoms with Crippen LogP contribution in [0, 0.1) is 5.92 Å². The molecule has 0 bridgehead atoms. The van der Waals surface area contributed by atoms with Gasteiger partial charge >= 0.3 is 6.18 Å². The van der Waals surface area contributed by atoms with E-state index in [4.69, 9.17) is 4.74 Å². The lowest BCUT2D eigenvalue weighted by Crippen LogP contribution is -2.22. The molecule has 0 spiro atoms. The molecule has 1 saturated heterocycles. The van der Waals surface area contributed by atoms with Gasteiger partial charge in [-0.2, -0.15) is 13.2 Å². The maximum Gasteiger partial charge on any atom is 0.389 e. The number of benzene rings is 1. The minimum Gasteiger partial charge on any atom is -0.368 e. The van der Waals surface area contributed by atoms with Crippen LogP contribution >= 0.6 is 0 Å². The molecule has 0 radical (unpaired) electrons. The Balaban J connectivity index is 2.06. The van der Waals surface area contributed by atoms with E-state index in [9.17, 15) is 18.3 Å². The average molecular weight is 260 g/mol. The fourth-order valence-electron chi connectivity index (χ4n) is 2.37. The smallest absolute Gasteiger partial charge is 0.368 e. The Labute approximate surface area is 103 Å². The predicted octanol–water partition coefficient (Wildman–Crippen LogP) is 3.08. The van der Waals surface area contributed by atoms with E-state index in [1.807, 2.05) is 30.3 Å². The Hall–Kier alpha value is -1.07. The normalized spacial score (nSPS) is 28.6. The van der Waals surface area contributed by atoms with Crippen LogP contribution in [-0.4, -0.2) is 24.2 Å². The second-order valence-corrected chi connectivity index (χ2v) is 4.56. The molecule has 3 unspecified atom stereocenters. The maximum absolute atomic E-state index is 12.2. The van der Waals surface area contributed by atoms with Gasteiger partial charge in [-0.3, -0.25) is 0 Å². The lowest BCUT2D eigenvalue weighted by atomic mass is 9.85. The highest BCUT2D eigenvalue weighted by Crippen LogP contribution is 2.39. The van der Waals surface area contributed by atoms with Gasteiger partial charge in [0.1, 0.15) is 0 Å². The van der Waals surface area contributed by atoms with Crippen molar-refractivity contribution >= 4 is 0 Å². The van der Waals surface area contributed by atoms with Crippen LogP contribution in [0.15, 0.2) is 30.3 Å². The highest BCUT2D eigenvalue weighted by molar-refractivity contribution is 5.21. The Kier molecular flexibility index (Phi) is 3.92. The second-order valence-electron chi connectivity index (χ2n) is 4.56. The molecule has 2 rings (SSSR count). The minimum atomic E-state index is -4.19. The maximum atomic E-state index is 12.2. The van der Waals surface area contributed by atoms with Crippen LogP contribution in [0.2, 0.25) is 0 Å². The molecule has 1 aromatic carbocycles. The van der Waals surface area contributed by atoms with Gasteiger partial charge in [-0.1, -0.05) is 30.3 Å². The van der Waals surface area contributed by atoms with E-state index in [-0.39, 0.29) is 18.9 Å². The molecular formula is C13H15F3O2. The molecule has 1 heterocycles. The van der Waals surface area contributed by atoms with E-state index in [2.05, 4.69) is 0 Å². The monoisotopic (exact) mass is 260 g/mol. The van der Waals surface area contributed by atoms with Gasteiger partial charge in [-0.25, -0.2) is 0 Å². The summed E-state index contributed by atoms with van der Waals surface area (Å²) in [5, 5.41) is 9.63. The molecule has 0 aliphatic carbocycles. The lowest BCUT2D eigenvalue weighted by molar-refractivity contribution is -0.144. The van der Waals surface area contributed by atoms with E-state index in [0.717, 1.165) is 5.56 Å². The van der Waals surface area contributed by atoms with Crippen molar-refractivity contribution in [1.82, 2.24) is 0 Å². The van der Waals surface area contributed by atoms with Crippen molar-refractivity contribution in [2.24, 2.45) is 5.92 Å². The number of halogens is 3. The quantitative estimate of drug-likeness (QED) is 0.905. The highest BCUT2D eigenvalue weighted by atomic mass is 19.4. The largest absolute Gasteiger partial charge is 0.389 e. The van der Waals surface area contributed by atoms with E-state index in [1.54, 1.807) is 0 Å². The Bertz CT molecular complexity index is 378. The SMILES string of the molecule is OC1OCC(c2ccccc2)C1CCC(F)(F)F. The zero-order valence-electron chi connectivity index (χ0n) is 9.73. The fourth-order valence-corrected chi connectivity index (χ4v) is 2.37. The number of alkyl halides is 3. The van der Waals surface area contributed by atoms with E-state index in [0.29, 0.717) is 0 Å². The summed E-state index contributed by atoms with van der Waals surface area (Å²) < 4.78 is 41.8. The van der Waals surface area contributed by atoms with Crippen LogP contribution < -0.4 is 0 Å². The first-order chi connectivity index (χ1) is 8.47. The van der Waals surface area contributed by atoms with Gasteiger partial charge in [-0.15, -0.1) is 0 Å². The zero-order chi connectivity index (χ0) is 13.2. The molecule has 0 amide bonds. The van der Waals surface area contributed by atoms with Gasteiger partial charge in [-0.05, 0) is 12.0 Å². The van der Waals surface area contributed by atoms with Crippen molar-refractivity contribution in [3.05, 3.63) is 35.9 Å². The van der Waals surface area contributed by atoms with E-state index < -0.39 is 24.8 Å². The summed E-state index contributed by atoms with van der Waals surface area (Å²) in [5.74, 6) is -0.655. The van der Waals surface area contributed by atoms with Gasteiger partial charge in [0.2, 0.25) is 0 Å². The summed E-state index contributed by atoms with van der Waals surface area (Å²) in [7, 11) is 0. The van der Waals surface area contributed by atoms with Crippen molar-refractivity contribution < 1.29 is 23.0 Å². The molecule has 5 heteroatoms. The van der Waals surface area contributed by atoms with E-state index >= 15 is 0 Å². The lowest BCUT2D eigenvalue weighted by Gasteiger charge is -2.20. The molecule has 1 aliphatic heterocycles. The number of ether oxygens (including phenoxy) is 1. The summed E-state index contributed by atoms with van der Waals surface area (Å²) in [6.07, 6.45) is -6.28. The first kappa shape index (κ1) is 13.4. The molecule has 100 valence electrons. The molecule has 0 aromatic heterocycles. The van der Waals surface area contributed by atoms with Crippen LogP contribution in [0.25, 0.3) is 0 Å². The van der Waals surface area contributed by atoms with Crippen molar-refractivity contribution in [3.8, 4) is 0 Å². The first-order valence-electron chi connectivity index (χ1n) is 5.89. The van der Waals surface area contributed by atoms with Crippen molar-refractivity contribution in [2.45, 2.75) is 31.2 Å². The first-order valence-corrected chi connectivity index (χ1v) is 5.89. The van der Waals surface area contributed by atoms with Crippen LogP contribution in [0.5, 0.6) is 0 Å². The molecule has 1 N–H and O–H groups in total. The fraction of sp³-hybridized carbons (Fsp3) is 0.538. The highest BCUT2D eigenvalue weighted by Gasteiger charge is 2.39. The van der Waals surface area contributed by atoms with Gasteiger partial charge in [0.25, 0.3) is 0 Å². The summed E-state index contributed by atoms with van der Waals surface area (Å²) in [5.41, 5.74) is 0.918. The van der Waals surface area contributed by atoms with Crippen LogP contribution in [0.1, 0.15) is 24.3 Å². The second kappa shape index (κ2) is 5.28. The Morgan fingerprint density at radius 1 is 1.22 bits per heavy atom. The minimum absolute atomic E-state index is 0.107. The average Bonchev–Trinajstić information content (AvgIpc) is 2.68. The molecule has 0 saturated carbocycles. The van der Waals surface area contributed by atoms with Gasteiger partial charge in [0, 0.05) is 18.3 Å². The van der Waals surface area contributed by atoms with Crippen molar-refractivity contribution in [1.29, 1.82) is 0 Å². The van der Waals surface area contributed by atoms with Crippen molar-refractivity contribution in [2.75, 3.05) is 6.61 Å². The number of rotatable bonds is 3. The molecule has 18 heavy (non-hydrogen) atoms. The van der Waals surface area contributed by atoms with Gasteiger partial charge in [0.05, 0.1) is 6.61 Å². The molecule has 2 nitrogen and oxygen atoms in total. The van der Waals surface area contributed by atoms with Crippen LogP contribution in [-0.2, 0) is 4.74 Å². The number of aliphatic hydroxyl groups excluding tert-OH is 1. The van der Waals surface area contributed by atoms with Gasteiger partial charge < -0.3 is 9.84 Å². The zero-order valence-corrected chi connectivity index (χ0v) is 9.73. The third-order valence-electron chi connectivity index (χ3n) is 3.32. The molecular weight excluding hydrogens is 245 g/mol. The van der Waals surface area contributed by atoms with Crippen LogP contribution in [0.3, 0.4) is 0 Å². The molecule has 1 fully saturated rings. The topological polar surface area (TPSA) is 29.5 Å². The summed E-state index contributed by atoms with van der Waals surface area (Å²) in [6, 6.07) is 9.22. The van der Waals surface area contributed by atoms with E-state index in [1.165, 1.54) is 0 Å². The third kappa shape index (κ3) is 3.23. The Morgan fingerprint density at radius 2 is 1.89 bits per heavy atom. The number of aliphatic hydroxyl groups is 1. The summed E-state index contributed by atoms with van der Waals surface area (Å²) >= 11 is 0. The number of hydrogen-bond acceptors (Lipinski definition) is 2. The molecule has 1 aliphatic rings. The Morgan fingerprint density at radius 3 is 2.50 bits per heavy atom. The third-order valence-corrected chi connectivity index (χ3v) is 3.32. The van der Waals surface area contributed by atoms with Gasteiger partial charge in [0.15, 0.2) is 6.29 Å². The summed E-state index contributed by atoms with van der Waals surface area (Å²) in [6.45, 7) is 0.272. The predicted molar refractivity (Wildman–Crippen MR) is 59.9 cm³/mol. The number of hydrogen-bond donors (Lipinski definition) is 1. The summed E-state index contributed by atoms with van der Waals surface area (Å²) in [4.78, 5) is 0. The molecule has 1 aromatic rings. The molecule has 3 atom stereocenters. The van der Waals surface area contributed by atoms with Crippen molar-refractivity contribution in [3.63, 3.8) is 0 Å². The standard InChI is InChI=1S/C13H15F3O2/c14-13(15,16)7-6-10-11(8-18-12(10)17)9-4-2-1-3-5-9/h1-5,10-12,17H,6-8H2.